The fourth-order valence-electron chi connectivity index (χ4n) is 3.37. The summed E-state index contributed by atoms with van der Waals surface area (Å²) in [5.74, 6) is -1.25. The van der Waals surface area contributed by atoms with Crippen molar-refractivity contribution in [1.82, 2.24) is 5.32 Å². The second-order valence-corrected chi connectivity index (χ2v) is 6.45. The maximum absolute atomic E-state index is 12.5. The number of carbonyl (C=O) groups excluding carboxylic acids is 1. The topological polar surface area (TPSA) is 84.9 Å². The Morgan fingerprint density at radius 1 is 1.17 bits per heavy atom. The van der Waals surface area contributed by atoms with Crippen LogP contribution in [0.5, 0.6) is 0 Å². The Kier molecular flexibility index (Phi) is 5.48. The summed E-state index contributed by atoms with van der Waals surface area (Å²) < 4.78 is 10.8. The number of ether oxygens (including phenoxy) is 2. The van der Waals surface area contributed by atoms with Crippen LogP contribution in [-0.4, -0.2) is 49.5 Å². The van der Waals surface area contributed by atoms with Crippen LogP contribution in [0.15, 0.2) is 24.3 Å². The average Bonchev–Trinajstić information content (AvgIpc) is 3.15. The predicted molar refractivity (Wildman–Crippen MR) is 87.1 cm³/mol. The predicted octanol–water partition coefficient (Wildman–Crippen LogP) is 1.80. The Labute approximate surface area is 141 Å². The van der Waals surface area contributed by atoms with Gasteiger partial charge in [0, 0.05) is 30.6 Å². The molecule has 1 aromatic rings. The zero-order valence-corrected chi connectivity index (χ0v) is 13.6. The van der Waals surface area contributed by atoms with E-state index in [1.807, 2.05) is 18.2 Å². The molecule has 0 saturated carbocycles. The molecule has 0 aromatic heterocycles. The molecule has 3 rings (SSSR count). The van der Waals surface area contributed by atoms with E-state index in [4.69, 9.17) is 9.47 Å². The first-order valence-corrected chi connectivity index (χ1v) is 8.44. The van der Waals surface area contributed by atoms with Crippen molar-refractivity contribution in [2.45, 2.75) is 31.2 Å². The molecule has 3 unspecified atom stereocenters. The maximum Gasteiger partial charge on any atom is 0.326 e. The third-order valence-corrected chi connectivity index (χ3v) is 4.77. The summed E-state index contributed by atoms with van der Waals surface area (Å²) in [6.07, 6.45) is 2.51. The molecule has 2 heterocycles. The van der Waals surface area contributed by atoms with E-state index in [9.17, 15) is 14.7 Å². The van der Waals surface area contributed by atoms with Crippen LogP contribution >= 0.6 is 0 Å². The SMILES string of the molecule is O=C(NC(C(=O)O)C1CCCOC1)c1cccc(C2CCOC2)c1. The molecule has 3 atom stereocenters. The molecule has 24 heavy (non-hydrogen) atoms. The van der Waals surface area contributed by atoms with Crippen LogP contribution in [-0.2, 0) is 14.3 Å². The molecule has 1 amide bonds. The van der Waals surface area contributed by atoms with Crippen LogP contribution in [0, 0.1) is 5.92 Å². The van der Waals surface area contributed by atoms with Gasteiger partial charge >= 0.3 is 5.97 Å². The molecular formula is C18H23NO5. The van der Waals surface area contributed by atoms with E-state index in [2.05, 4.69) is 5.32 Å². The van der Waals surface area contributed by atoms with Crippen LogP contribution in [0.25, 0.3) is 0 Å². The van der Waals surface area contributed by atoms with Crippen LogP contribution in [0.3, 0.4) is 0 Å². The number of rotatable bonds is 5. The quantitative estimate of drug-likeness (QED) is 0.858. The summed E-state index contributed by atoms with van der Waals surface area (Å²) in [7, 11) is 0. The number of hydrogen-bond donors (Lipinski definition) is 2. The van der Waals surface area contributed by atoms with Gasteiger partial charge < -0.3 is 19.9 Å². The molecule has 130 valence electrons. The van der Waals surface area contributed by atoms with Crippen molar-refractivity contribution >= 4 is 11.9 Å². The number of hydrogen-bond acceptors (Lipinski definition) is 4. The normalized spacial score (nSPS) is 25.2. The van der Waals surface area contributed by atoms with Crippen molar-refractivity contribution in [2.24, 2.45) is 5.92 Å². The van der Waals surface area contributed by atoms with Crippen molar-refractivity contribution < 1.29 is 24.2 Å². The number of carboxylic acids is 1. The van der Waals surface area contributed by atoms with E-state index in [-0.39, 0.29) is 11.8 Å². The third-order valence-electron chi connectivity index (χ3n) is 4.77. The van der Waals surface area contributed by atoms with Gasteiger partial charge in [-0.05, 0) is 37.0 Å². The Morgan fingerprint density at radius 3 is 2.67 bits per heavy atom. The fraction of sp³-hybridized carbons (Fsp3) is 0.556. The maximum atomic E-state index is 12.5. The van der Waals surface area contributed by atoms with Gasteiger partial charge in [0.2, 0.25) is 0 Å². The van der Waals surface area contributed by atoms with Crippen LogP contribution in [0.4, 0.5) is 0 Å². The van der Waals surface area contributed by atoms with E-state index in [1.165, 1.54) is 0 Å². The van der Waals surface area contributed by atoms with Crippen LogP contribution in [0.2, 0.25) is 0 Å². The Bertz CT molecular complexity index is 591. The number of amides is 1. The van der Waals surface area contributed by atoms with E-state index in [1.54, 1.807) is 6.07 Å². The molecule has 0 aliphatic carbocycles. The van der Waals surface area contributed by atoms with Gasteiger partial charge in [-0.3, -0.25) is 4.79 Å². The van der Waals surface area contributed by atoms with E-state index >= 15 is 0 Å². The number of carboxylic acid groups (broad SMARTS) is 1. The van der Waals surface area contributed by atoms with Gasteiger partial charge in [0.1, 0.15) is 6.04 Å². The van der Waals surface area contributed by atoms with Gasteiger partial charge in [-0.2, -0.15) is 0 Å². The summed E-state index contributed by atoms with van der Waals surface area (Å²) in [6.45, 7) is 2.44. The minimum Gasteiger partial charge on any atom is -0.480 e. The van der Waals surface area contributed by atoms with Gasteiger partial charge in [0.15, 0.2) is 0 Å². The lowest BCUT2D eigenvalue weighted by Crippen LogP contribution is -2.48. The first-order chi connectivity index (χ1) is 11.6. The lowest BCUT2D eigenvalue weighted by atomic mass is 9.93. The molecule has 1 aromatic carbocycles. The molecule has 2 fully saturated rings. The number of benzene rings is 1. The molecule has 2 aliphatic heterocycles. The highest BCUT2D eigenvalue weighted by Crippen LogP contribution is 2.26. The van der Waals surface area contributed by atoms with E-state index in [0.29, 0.717) is 31.3 Å². The molecular weight excluding hydrogens is 310 g/mol. The monoisotopic (exact) mass is 333 g/mol. The molecule has 0 spiro atoms. The molecule has 2 saturated heterocycles. The molecule has 2 aliphatic rings. The minimum atomic E-state index is -1.01. The van der Waals surface area contributed by atoms with Gasteiger partial charge in [0.25, 0.3) is 5.91 Å². The second kappa shape index (κ2) is 7.77. The Balaban J connectivity index is 1.70. The van der Waals surface area contributed by atoms with Gasteiger partial charge in [-0.15, -0.1) is 0 Å². The molecule has 6 heteroatoms. The molecule has 0 radical (unpaired) electrons. The highest BCUT2D eigenvalue weighted by Gasteiger charge is 2.31. The standard InChI is InChI=1S/C18H23NO5/c20-17(19-16(18(21)22)15-5-2-7-23-11-15)13-4-1-3-12(9-13)14-6-8-24-10-14/h1,3-4,9,14-16H,2,5-8,10-11H2,(H,19,20)(H,21,22). The first kappa shape index (κ1) is 16.9. The second-order valence-electron chi connectivity index (χ2n) is 6.45. The molecule has 6 nitrogen and oxygen atoms in total. The molecule has 0 bridgehead atoms. The summed E-state index contributed by atoms with van der Waals surface area (Å²) in [6, 6.07) is 6.45. The lowest BCUT2D eigenvalue weighted by Gasteiger charge is -2.28. The van der Waals surface area contributed by atoms with Gasteiger partial charge in [-0.25, -0.2) is 4.79 Å². The van der Waals surface area contributed by atoms with E-state index in [0.717, 1.165) is 31.4 Å². The highest BCUT2D eigenvalue weighted by atomic mass is 16.5. The Morgan fingerprint density at radius 2 is 2.00 bits per heavy atom. The van der Waals surface area contributed by atoms with Crippen LogP contribution < -0.4 is 5.32 Å². The van der Waals surface area contributed by atoms with Crippen LogP contribution in [0.1, 0.15) is 41.1 Å². The van der Waals surface area contributed by atoms with Crippen molar-refractivity contribution in [3.05, 3.63) is 35.4 Å². The lowest BCUT2D eigenvalue weighted by molar-refractivity contribution is -0.142. The van der Waals surface area contributed by atoms with Crippen molar-refractivity contribution in [3.8, 4) is 0 Å². The highest BCUT2D eigenvalue weighted by molar-refractivity contribution is 5.96. The van der Waals surface area contributed by atoms with Gasteiger partial charge in [0.05, 0.1) is 13.2 Å². The summed E-state index contributed by atoms with van der Waals surface area (Å²) in [5, 5.41) is 12.1. The smallest absolute Gasteiger partial charge is 0.326 e. The average molecular weight is 333 g/mol. The third kappa shape index (κ3) is 3.94. The molecule has 2 N–H and O–H groups in total. The van der Waals surface area contributed by atoms with Gasteiger partial charge in [-0.1, -0.05) is 12.1 Å². The first-order valence-electron chi connectivity index (χ1n) is 8.44. The summed E-state index contributed by atoms with van der Waals surface area (Å²) in [4.78, 5) is 24.1. The zero-order valence-electron chi connectivity index (χ0n) is 13.6. The van der Waals surface area contributed by atoms with Crippen molar-refractivity contribution in [1.29, 1.82) is 0 Å². The Hall–Kier alpha value is -1.92. The number of carbonyl (C=O) groups is 2. The number of nitrogens with one attached hydrogen (secondary N) is 1. The fourth-order valence-corrected chi connectivity index (χ4v) is 3.37. The van der Waals surface area contributed by atoms with Crippen molar-refractivity contribution in [2.75, 3.05) is 26.4 Å². The largest absolute Gasteiger partial charge is 0.480 e. The minimum absolute atomic E-state index is 0.188. The zero-order chi connectivity index (χ0) is 16.9. The van der Waals surface area contributed by atoms with Crippen molar-refractivity contribution in [3.63, 3.8) is 0 Å². The summed E-state index contributed by atoms with van der Waals surface area (Å²) >= 11 is 0. The summed E-state index contributed by atoms with van der Waals surface area (Å²) in [5.41, 5.74) is 1.55. The van der Waals surface area contributed by atoms with E-state index < -0.39 is 12.0 Å². The number of aliphatic carboxylic acids is 1.